The number of primary amides is 1. The summed E-state index contributed by atoms with van der Waals surface area (Å²) < 4.78 is 20.5. The normalized spacial score (nSPS) is 12.3. The summed E-state index contributed by atoms with van der Waals surface area (Å²) in [6.07, 6.45) is 17.6. The van der Waals surface area contributed by atoms with Crippen LogP contribution in [-0.2, 0) is 11.3 Å². The number of nitrogens with two attached hydrogens (primary N) is 1. The Kier molecular flexibility index (Phi) is 15.8. The minimum Gasteiger partial charge on any atom is -0.351 e. The fraction of sp³-hybridized carbons (Fsp3) is 0.941. The van der Waals surface area contributed by atoms with Gasteiger partial charge in [0.1, 0.15) is 0 Å². The molecular weight excluding hydrogens is 312 g/mol. The second-order valence-corrected chi connectivity index (χ2v) is 7.17. The zero-order valence-corrected chi connectivity index (χ0v) is 15.6. The summed E-state index contributed by atoms with van der Waals surface area (Å²) in [4.78, 5) is 10.9. The number of hydrogen-bond donors (Lipinski definition) is 2. The van der Waals surface area contributed by atoms with E-state index < -0.39 is 17.3 Å². The predicted molar refractivity (Wildman–Crippen MR) is 97.4 cm³/mol. The van der Waals surface area contributed by atoms with Crippen LogP contribution in [0.5, 0.6) is 0 Å². The number of hydrogen-bond acceptors (Lipinski definition) is 2. The van der Waals surface area contributed by atoms with Gasteiger partial charge in [0.2, 0.25) is 0 Å². The third kappa shape index (κ3) is 14.7. The van der Waals surface area contributed by atoms with E-state index in [-0.39, 0.29) is 6.54 Å². The molecule has 1 atom stereocenters. The molecule has 0 heterocycles. The Hall–Kier alpha value is -0.620. The Bertz CT molecular complexity index is 300. The zero-order valence-electron chi connectivity index (χ0n) is 14.8. The second kappa shape index (κ2) is 16.2. The van der Waals surface area contributed by atoms with Gasteiger partial charge in [-0.15, -0.1) is 0 Å². The third-order valence-electron chi connectivity index (χ3n) is 4.15. The van der Waals surface area contributed by atoms with Crippen LogP contribution in [0.4, 0.5) is 4.79 Å². The van der Waals surface area contributed by atoms with Gasteiger partial charge in [-0.25, -0.2) is 13.3 Å². The molecule has 0 saturated heterocycles. The van der Waals surface area contributed by atoms with Crippen molar-refractivity contribution in [2.45, 2.75) is 96.8 Å². The van der Waals surface area contributed by atoms with Gasteiger partial charge in [-0.05, 0) is 6.42 Å². The third-order valence-corrected chi connectivity index (χ3v) is 4.89. The molecule has 0 aliphatic heterocycles. The van der Waals surface area contributed by atoms with Crippen molar-refractivity contribution in [1.82, 2.24) is 4.31 Å². The number of unbranched alkanes of at least 4 members (excludes halogenated alkanes) is 13. The first-order chi connectivity index (χ1) is 11.1. The highest BCUT2D eigenvalue weighted by atomic mass is 32.2. The maximum absolute atomic E-state index is 10.9. The highest BCUT2D eigenvalue weighted by Crippen LogP contribution is 2.13. The maximum Gasteiger partial charge on any atom is 0.328 e. The van der Waals surface area contributed by atoms with Crippen molar-refractivity contribution in [3.63, 3.8) is 0 Å². The molecule has 0 bridgehead atoms. The van der Waals surface area contributed by atoms with Crippen molar-refractivity contribution in [1.29, 1.82) is 0 Å². The lowest BCUT2D eigenvalue weighted by Crippen LogP contribution is -2.37. The molecule has 3 N–H and O–H groups in total. The lowest BCUT2D eigenvalue weighted by molar-refractivity contribution is 0.230. The fourth-order valence-corrected chi connectivity index (χ4v) is 3.15. The van der Waals surface area contributed by atoms with E-state index in [9.17, 15) is 9.00 Å². The van der Waals surface area contributed by atoms with Gasteiger partial charge in [0.15, 0.2) is 0 Å². The molecule has 0 aliphatic carbocycles. The van der Waals surface area contributed by atoms with E-state index in [1.165, 1.54) is 70.6 Å². The number of amides is 2. The highest BCUT2D eigenvalue weighted by Gasteiger charge is 2.14. The lowest BCUT2D eigenvalue weighted by atomic mass is 10.0. The summed E-state index contributed by atoms with van der Waals surface area (Å²) >= 11 is -2.29. The molecule has 2 amide bonds. The first-order valence-electron chi connectivity index (χ1n) is 9.27. The van der Waals surface area contributed by atoms with E-state index >= 15 is 0 Å². The maximum atomic E-state index is 10.9. The molecule has 0 aromatic rings. The van der Waals surface area contributed by atoms with Crippen molar-refractivity contribution in [2.24, 2.45) is 5.73 Å². The second-order valence-electron chi connectivity index (χ2n) is 6.27. The van der Waals surface area contributed by atoms with Crippen molar-refractivity contribution >= 4 is 17.3 Å². The molecule has 23 heavy (non-hydrogen) atoms. The standard InChI is InChI=1S/C17H36N2O3S/c1-2-3-4-5-6-7-8-9-10-11-12-13-14-15-16-19(17(18)20)23(21)22/h2-16H2,1H3,(H2,18,20)(H,21,22). The van der Waals surface area contributed by atoms with Crippen LogP contribution >= 0.6 is 0 Å². The summed E-state index contributed by atoms with van der Waals surface area (Å²) in [5.41, 5.74) is 5.03. The van der Waals surface area contributed by atoms with Crippen LogP contribution in [0.1, 0.15) is 96.8 Å². The Morgan fingerprint density at radius 2 is 1.17 bits per heavy atom. The van der Waals surface area contributed by atoms with E-state index in [1.807, 2.05) is 0 Å². The average Bonchev–Trinajstić information content (AvgIpc) is 2.50. The van der Waals surface area contributed by atoms with Crippen LogP contribution in [0.15, 0.2) is 0 Å². The summed E-state index contributed by atoms with van der Waals surface area (Å²) in [5, 5.41) is 0. The van der Waals surface area contributed by atoms with Crippen molar-refractivity contribution < 1.29 is 13.6 Å². The quantitative estimate of drug-likeness (QED) is 0.304. The number of rotatable bonds is 16. The minimum atomic E-state index is -2.29. The summed E-state index contributed by atoms with van der Waals surface area (Å²) in [5.74, 6) is 0. The molecular formula is C17H36N2O3S. The van der Waals surface area contributed by atoms with Crippen molar-refractivity contribution in [3.05, 3.63) is 0 Å². The molecule has 0 aromatic carbocycles. The smallest absolute Gasteiger partial charge is 0.328 e. The van der Waals surface area contributed by atoms with Gasteiger partial charge in [0.05, 0.1) is 0 Å². The molecule has 0 aromatic heterocycles. The summed E-state index contributed by atoms with van der Waals surface area (Å²) in [6.45, 7) is 2.51. The van der Waals surface area contributed by atoms with Crippen LogP contribution in [0.2, 0.25) is 0 Å². The Morgan fingerprint density at radius 3 is 1.48 bits per heavy atom. The highest BCUT2D eigenvalue weighted by molar-refractivity contribution is 7.77. The molecule has 5 nitrogen and oxygen atoms in total. The van der Waals surface area contributed by atoms with E-state index in [1.54, 1.807) is 0 Å². The fourth-order valence-electron chi connectivity index (χ4n) is 2.72. The number of urea groups is 1. The molecule has 0 radical (unpaired) electrons. The largest absolute Gasteiger partial charge is 0.351 e. The number of carbonyl (C=O) groups is 1. The van der Waals surface area contributed by atoms with Crippen LogP contribution < -0.4 is 5.73 Å². The van der Waals surface area contributed by atoms with Crippen molar-refractivity contribution in [2.75, 3.05) is 6.54 Å². The molecule has 0 spiro atoms. The summed E-state index contributed by atoms with van der Waals surface area (Å²) in [6, 6.07) is -0.833. The van der Waals surface area contributed by atoms with Crippen LogP contribution in [0.3, 0.4) is 0 Å². The molecule has 0 rings (SSSR count). The van der Waals surface area contributed by atoms with E-state index in [0.717, 1.165) is 23.6 Å². The van der Waals surface area contributed by atoms with Crippen LogP contribution in [0.25, 0.3) is 0 Å². The molecule has 0 aliphatic rings. The first kappa shape index (κ1) is 22.4. The lowest BCUT2D eigenvalue weighted by Gasteiger charge is -2.14. The Labute approximate surface area is 144 Å². The monoisotopic (exact) mass is 348 g/mol. The number of nitrogens with zero attached hydrogens (tertiary/aromatic N) is 1. The van der Waals surface area contributed by atoms with Gasteiger partial charge in [-0.3, -0.25) is 4.55 Å². The van der Waals surface area contributed by atoms with Gasteiger partial charge in [-0.1, -0.05) is 90.4 Å². The van der Waals surface area contributed by atoms with Gasteiger partial charge >= 0.3 is 6.03 Å². The first-order valence-corrected chi connectivity index (χ1v) is 10.3. The average molecular weight is 349 g/mol. The van der Waals surface area contributed by atoms with E-state index in [2.05, 4.69) is 6.92 Å². The van der Waals surface area contributed by atoms with Gasteiger partial charge in [0.25, 0.3) is 11.3 Å². The topological polar surface area (TPSA) is 83.6 Å². The van der Waals surface area contributed by atoms with E-state index in [0.29, 0.717) is 0 Å². The van der Waals surface area contributed by atoms with Gasteiger partial charge < -0.3 is 5.73 Å². The SMILES string of the molecule is CCCCCCCCCCCCCCCCN(C(N)=O)S(=O)O. The minimum absolute atomic E-state index is 0.260. The van der Waals surface area contributed by atoms with Crippen LogP contribution in [0, 0.1) is 0 Å². The molecule has 6 heteroatoms. The predicted octanol–water partition coefficient (Wildman–Crippen LogP) is 4.99. The van der Waals surface area contributed by atoms with Crippen LogP contribution in [-0.4, -0.2) is 25.6 Å². The van der Waals surface area contributed by atoms with Crippen molar-refractivity contribution in [3.8, 4) is 0 Å². The zero-order chi connectivity index (χ0) is 17.3. The van der Waals surface area contributed by atoms with E-state index in [4.69, 9.17) is 10.3 Å². The molecule has 1 unspecified atom stereocenters. The van der Waals surface area contributed by atoms with Gasteiger partial charge in [-0.2, -0.15) is 0 Å². The molecule has 138 valence electrons. The summed E-state index contributed by atoms with van der Waals surface area (Å²) in [7, 11) is 0. The Morgan fingerprint density at radius 1 is 0.826 bits per heavy atom. The molecule has 0 saturated carbocycles. The number of carbonyl (C=O) groups excluding carboxylic acids is 1. The Balaban J connectivity index is 3.24. The molecule has 0 fully saturated rings. The van der Waals surface area contributed by atoms with Gasteiger partial charge in [0, 0.05) is 6.54 Å².